The highest BCUT2D eigenvalue weighted by Crippen LogP contribution is 2.27. The van der Waals surface area contributed by atoms with E-state index in [1.807, 2.05) is 6.92 Å². The van der Waals surface area contributed by atoms with Crippen LogP contribution in [0, 0.1) is 6.92 Å². The molecule has 1 saturated heterocycles. The van der Waals surface area contributed by atoms with Crippen molar-refractivity contribution in [2.24, 2.45) is 7.05 Å². The van der Waals surface area contributed by atoms with Gasteiger partial charge in [-0.25, -0.2) is 0 Å². The molecule has 0 saturated carbocycles. The zero-order valence-electron chi connectivity index (χ0n) is 7.98. The summed E-state index contributed by atoms with van der Waals surface area (Å²) in [4.78, 5) is 22.1. The molecule has 1 aromatic rings. The standard InChI is InChI=1S/C9H10N2O3/c1-5-3-7(11(2)10-5)6-4-8(12)14-9(6)13/h3,6H,4H2,1-2H3. The molecule has 0 aromatic carbocycles. The number of aryl methyl sites for hydroxylation is 2. The highest BCUT2D eigenvalue weighted by molar-refractivity contribution is 5.97. The second kappa shape index (κ2) is 2.94. The lowest BCUT2D eigenvalue weighted by atomic mass is 10.0. The molecule has 74 valence electrons. The van der Waals surface area contributed by atoms with Crippen molar-refractivity contribution >= 4 is 11.9 Å². The monoisotopic (exact) mass is 194 g/mol. The number of rotatable bonds is 1. The van der Waals surface area contributed by atoms with Crippen molar-refractivity contribution in [1.29, 1.82) is 0 Å². The Balaban J connectivity index is 2.36. The van der Waals surface area contributed by atoms with Crippen LogP contribution in [0.4, 0.5) is 0 Å². The molecule has 1 aliphatic rings. The molecule has 1 aliphatic heterocycles. The molecule has 2 rings (SSSR count). The second-order valence-corrected chi connectivity index (χ2v) is 3.38. The third-order valence-corrected chi connectivity index (χ3v) is 2.26. The summed E-state index contributed by atoms with van der Waals surface area (Å²) in [6.07, 6.45) is 0.123. The number of nitrogens with zero attached hydrogens (tertiary/aromatic N) is 2. The summed E-state index contributed by atoms with van der Waals surface area (Å²) in [6.45, 7) is 1.84. The van der Waals surface area contributed by atoms with Gasteiger partial charge in [0, 0.05) is 7.05 Å². The van der Waals surface area contributed by atoms with E-state index in [-0.39, 0.29) is 6.42 Å². The van der Waals surface area contributed by atoms with Crippen LogP contribution < -0.4 is 0 Å². The molecule has 0 spiro atoms. The van der Waals surface area contributed by atoms with Crippen molar-refractivity contribution in [3.8, 4) is 0 Å². The van der Waals surface area contributed by atoms with Gasteiger partial charge in [0.2, 0.25) is 0 Å². The zero-order valence-corrected chi connectivity index (χ0v) is 7.98. The first-order chi connectivity index (χ1) is 6.58. The molecular weight excluding hydrogens is 184 g/mol. The van der Waals surface area contributed by atoms with Crippen LogP contribution in [0.5, 0.6) is 0 Å². The second-order valence-electron chi connectivity index (χ2n) is 3.38. The predicted molar refractivity (Wildman–Crippen MR) is 46.4 cm³/mol. The van der Waals surface area contributed by atoms with Gasteiger partial charge in [-0.2, -0.15) is 5.10 Å². The van der Waals surface area contributed by atoms with Crippen LogP contribution in [0.15, 0.2) is 6.07 Å². The molecule has 0 bridgehead atoms. The molecule has 1 atom stereocenters. The van der Waals surface area contributed by atoms with E-state index in [1.54, 1.807) is 17.8 Å². The maximum Gasteiger partial charge on any atom is 0.323 e. The number of aromatic nitrogens is 2. The van der Waals surface area contributed by atoms with E-state index >= 15 is 0 Å². The Morgan fingerprint density at radius 3 is 2.71 bits per heavy atom. The van der Waals surface area contributed by atoms with E-state index < -0.39 is 17.9 Å². The van der Waals surface area contributed by atoms with Gasteiger partial charge in [-0.05, 0) is 13.0 Å². The Morgan fingerprint density at radius 2 is 2.29 bits per heavy atom. The number of carbonyl (C=O) groups excluding carboxylic acids is 2. The molecule has 5 heteroatoms. The third-order valence-electron chi connectivity index (χ3n) is 2.26. The fourth-order valence-electron chi connectivity index (χ4n) is 1.66. The Labute approximate surface area is 80.7 Å². The van der Waals surface area contributed by atoms with Gasteiger partial charge in [0.1, 0.15) is 5.92 Å². The zero-order chi connectivity index (χ0) is 10.3. The van der Waals surface area contributed by atoms with Crippen molar-refractivity contribution < 1.29 is 14.3 Å². The molecule has 1 aromatic heterocycles. The number of hydrogen-bond acceptors (Lipinski definition) is 4. The highest BCUT2D eigenvalue weighted by Gasteiger charge is 2.36. The van der Waals surface area contributed by atoms with Gasteiger partial charge in [-0.15, -0.1) is 0 Å². The van der Waals surface area contributed by atoms with E-state index in [0.717, 1.165) is 11.4 Å². The quantitative estimate of drug-likeness (QED) is 0.476. The maximum atomic E-state index is 11.3. The number of esters is 2. The van der Waals surface area contributed by atoms with Gasteiger partial charge in [0.15, 0.2) is 0 Å². The van der Waals surface area contributed by atoms with Gasteiger partial charge in [-0.1, -0.05) is 0 Å². The van der Waals surface area contributed by atoms with Crippen molar-refractivity contribution in [2.45, 2.75) is 19.3 Å². The number of carbonyl (C=O) groups is 2. The minimum Gasteiger partial charge on any atom is -0.393 e. The van der Waals surface area contributed by atoms with E-state index in [9.17, 15) is 9.59 Å². The summed E-state index contributed by atoms with van der Waals surface area (Å²) in [6, 6.07) is 1.80. The Kier molecular flexibility index (Phi) is 1.87. The summed E-state index contributed by atoms with van der Waals surface area (Å²) in [5.74, 6) is -1.41. The fourth-order valence-corrected chi connectivity index (χ4v) is 1.66. The summed E-state index contributed by atoms with van der Waals surface area (Å²) < 4.78 is 6.08. The largest absolute Gasteiger partial charge is 0.393 e. The predicted octanol–water partition coefficient (Wildman–Crippen LogP) is 0.286. The lowest BCUT2D eigenvalue weighted by Crippen LogP contribution is -2.10. The van der Waals surface area contributed by atoms with Crippen LogP contribution >= 0.6 is 0 Å². The summed E-state index contributed by atoms with van der Waals surface area (Å²) in [5.41, 5.74) is 1.56. The third kappa shape index (κ3) is 1.30. The Bertz CT molecular complexity index is 408. The lowest BCUT2D eigenvalue weighted by molar-refractivity contribution is -0.152. The molecule has 14 heavy (non-hydrogen) atoms. The summed E-state index contributed by atoms with van der Waals surface area (Å²) in [5, 5.41) is 4.11. The van der Waals surface area contributed by atoms with Crippen molar-refractivity contribution in [1.82, 2.24) is 9.78 Å². The summed E-state index contributed by atoms with van der Waals surface area (Å²) >= 11 is 0. The van der Waals surface area contributed by atoms with Crippen molar-refractivity contribution in [3.63, 3.8) is 0 Å². The van der Waals surface area contributed by atoms with Crippen molar-refractivity contribution in [3.05, 3.63) is 17.5 Å². The van der Waals surface area contributed by atoms with E-state index in [2.05, 4.69) is 9.84 Å². The minimum absolute atomic E-state index is 0.123. The van der Waals surface area contributed by atoms with Gasteiger partial charge < -0.3 is 4.74 Å². The van der Waals surface area contributed by atoms with E-state index in [4.69, 9.17) is 0 Å². The lowest BCUT2D eigenvalue weighted by Gasteiger charge is -2.03. The number of cyclic esters (lactones) is 2. The molecule has 2 heterocycles. The smallest absolute Gasteiger partial charge is 0.323 e. The van der Waals surface area contributed by atoms with Crippen LogP contribution in [-0.4, -0.2) is 21.7 Å². The Morgan fingerprint density at radius 1 is 1.57 bits per heavy atom. The summed E-state index contributed by atoms with van der Waals surface area (Å²) in [7, 11) is 1.75. The molecule has 5 nitrogen and oxygen atoms in total. The molecule has 0 radical (unpaired) electrons. The van der Waals surface area contributed by atoms with Crippen LogP contribution in [0.2, 0.25) is 0 Å². The van der Waals surface area contributed by atoms with E-state index in [0.29, 0.717) is 0 Å². The van der Waals surface area contributed by atoms with Gasteiger partial charge in [-0.3, -0.25) is 14.3 Å². The first-order valence-corrected chi connectivity index (χ1v) is 4.33. The molecule has 0 amide bonds. The normalized spacial score (nSPS) is 21.4. The molecule has 1 fully saturated rings. The Hall–Kier alpha value is -1.65. The average Bonchev–Trinajstić information content (AvgIpc) is 2.55. The van der Waals surface area contributed by atoms with Crippen LogP contribution in [0.3, 0.4) is 0 Å². The first-order valence-electron chi connectivity index (χ1n) is 4.33. The highest BCUT2D eigenvalue weighted by atomic mass is 16.6. The average molecular weight is 194 g/mol. The van der Waals surface area contributed by atoms with Gasteiger partial charge >= 0.3 is 11.9 Å². The van der Waals surface area contributed by atoms with Crippen LogP contribution in [0.25, 0.3) is 0 Å². The van der Waals surface area contributed by atoms with Crippen LogP contribution in [-0.2, 0) is 21.4 Å². The van der Waals surface area contributed by atoms with Gasteiger partial charge in [0.05, 0.1) is 17.8 Å². The molecule has 0 N–H and O–H groups in total. The van der Waals surface area contributed by atoms with Gasteiger partial charge in [0.25, 0.3) is 0 Å². The molecule has 0 aliphatic carbocycles. The van der Waals surface area contributed by atoms with Crippen molar-refractivity contribution in [2.75, 3.05) is 0 Å². The minimum atomic E-state index is -0.478. The first kappa shape index (κ1) is 8.93. The molecule has 1 unspecified atom stereocenters. The maximum absolute atomic E-state index is 11.3. The fraction of sp³-hybridized carbons (Fsp3) is 0.444. The number of ether oxygens (including phenoxy) is 1. The molecular formula is C9H10N2O3. The SMILES string of the molecule is Cc1cc(C2CC(=O)OC2=O)n(C)n1. The van der Waals surface area contributed by atoms with Crippen LogP contribution in [0.1, 0.15) is 23.7 Å². The topological polar surface area (TPSA) is 61.2 Å². The number of hydrogen-bond donors (Lipinski definition) is 0. The van der Waals surface area contributed by atoms with E-state index in [1.165, 1.54) is 0 Å².